The van der Waals surface area contributed by atoms with Gasteiger partial charge in [0.2, 0.25) is 0 Å². The predicted molar refractivity (Wildman–Crippen MR) is 60.0 cm³/mol. The Hall–Kier alpha value is -0.520. The van der Waals surface area contributed by atoms with Gasteiger partial charge in [0.1, 0.15) is 10.0 Å². The molecule has 4 nitrogen and oxygen atoms in total. The van der Waals surface area contributed by atoms with Gasteiger partial charge in [-0.3, -0.25) is 0 Å². The Morgan fingerprint density at radius 3 is 2.80 bits per heavy atom. The average Bonchev–Trinajstić information content (AvgIpc) is 2.85. The van der Waals surface area contributed by atoms with Crippen LogP contribution in [0.25, 0.3) is 0 Å². The summed E-state index contributed by atoms with van der Waals surface area (Å²) in [6, 6.07) is 0. The fourth-order valence-electron chi connectivity index (χ4n) is 1.77. The summed E-state index contributed by atoms with van der Waals surface area (Å²) in [5.74, 6) is 0. The molecule has 2 heterocycles. The van der Waals surface area contributed by atoms with E-state index in [1.165, 1.54) is 12.8 Å². The molecule has 5 heteroatoms. The maximum absolute atomic E-state index is 5.57. The van der Waals surface area contributed by atoms with Crippen molar-refractivity contribution in [3.63, 3.8) is 0 Å². The van der Waals surface area contributed by atoms with Crippen LogP contribution in [0, 0.1) is 0 Å². The molecule has 1 saturated heterocycles. The number of hydrogen-bond donors (Lipinski definition) is 1. The molecule has 1 aliphatic heterocycles. The summed E-state index contributed by atoms with van der Waals surface area (Å²) in [6.45, 7) is 1.58. The molecule has 0 aromatic carbocycles. The molecule has 0 amide bonds. The lowest BCUT2D eigenvalue weighted by atomic mass is 10.1. The van der Waals surface area contributed by atoms with E-state index in [-0.39, 0.29) is 0 Å². The monoisotopic (exact) mass is 227 g/mol. The van der Waals surface area contributed by atoms with Crippen LogP contribution < -0.4 is 5.73 Å². The molecular weight excluding hydrogens is 210 g/mol. The van der Waals surface area contributed by atoms with E-state index in [1.807, 2.05) is 0 Å². The fraction of sp³-hybridized carbons (Fsp3) is 0.800. The Labute approximate surface area is 93.8 Å². The van der Waals surface area contributed by atoms with Crippen molar-refractivity contribution in [2.24, 2.45) is 5.73 Å². The van der Waals surface area contributed by atoms with Crippen LogP contribution in [0.4, 0.5) is 0 Å². The maximum atomic E-state index is 5.57. The van der Waals surface area contributed by atoms with Crippen LogP contribution in [0.15, 0.2) is 0 Å². The Balaban J connectivity index is 1.77. The van der Waals surface area contributed by atoms with Crippen LogP contribution in [0.1, 0.15) is 29.3 Å². The lowest BCUT2D eigenvalue weighted by Crippen LogP contribution is -2.05. The smallest absolute Gasteiger partial charge is 0.118 e. The van der Waals surface area contributed by atoms with Crippen LogP contribution >= 0.6 is 11.3 Å². The normalized spacial score (nSPS) is 21.0. The lowest BCUT2D eigenvalue weighted by molar-refractivity contribution is 0.104. The number of aromatic nitrogens is 2. The zero-order valence-electron chi connectivity index (χ0n) is 8.82. The molecule has 1 aliphatic rings. The molecule has 1 aromatic rings. The Morgan fingerprint density at radius 1 is 1.33 bits per heavy atom. The zero-order chi connectivity index (χ0) is 10.5. The van der Waals surface area contributed by atoms with E-state index < -0.39 is 0 Å². The highest BCUT2D eigenvalue weighted by atomic mass is 32.1. The van der Waals surface area contributed by atoms with Gasteiger partial charge >= 0.3 is 0 Å². The molecule has 2 rings (SSSR count). The molecule has 0 aliphatic carbocycles. The molecule has 0 spiro atoms. The molecule has 1 fully saturated rings. The first kappa shape index (κ1) is 11.0. The first-order valence-electron chi connectivity index (χ1n) is 5.51. The van der Waals surface area contributed by atoms with Gasteiger partial charge < -0.3 is 10.5 Å². The van der Waals surface area contributed by atoms with Gasteiger partial charge in [0.05, 0.1) is 6.10 Å². The van der Waals surface area contributed by atoms with Crippen molar-refractivity contribution in [3.05, 3.63) is 10.0 Å². The minimum Gasteiger partial charge on any atom is -0.378 e. The third kappa shape index (κ3) is 3.22. The topological polar surface area (TPSA) is 61.0 Å². The van der Waals surface area contributed by atoms with Crippen LogP contribution in [-0.2, 0) is 17.6 Å². The highest BCUT2D eigenvalue weighted by Gasteiger charge is 2.16. The van der Waals surface area contributed by atoms with Gasteiger partial charge in [-0.1, -0.05) is 0 Å². The van der Waals surface area contributed by atoms with E-state index in [4.69, 9.17) is 10.5 Å². The highest BCUT2D eigenvalue weighted by molar-refractivity contribution is 7.11. The van der Waals surface area contributed by atoms with Crippen molar-refractivity contribution in [2.45, 2.75) is 38.2 Å². The number of ether oxygens (including phenoxy) is 1. The summed E-state index contributed by atoms with van der Waals surface area (Å²) >= 11 is 1.68. The van der Waals surface area contributed by atoms with E-state index in [0.717, 1.165) is 35.9 Å². The second-order valence-electron chi connectivity index (χ2n) is 3.80. The molecule has 2 N–H and O–H groups in total. The third-order valence-corrected chi connectivity index (χ3v) is 3.61. The standard InChI is InChI=1S/C10H17N3OS/c11-6-5-10-13-12-9(15-10)4-3-8-2-1-7-14-8/h8H,1-7,11H2. The second kappa shape index (κ2) is 5.53. The quantitative estimate of drug-likeness (QED) is 0.819. The summed E-state index contributed by atoms with van der Waals surface area (Å²) in [6.07, 6.45) is 5.78. The van der Waals surface area contributed by atoms with Crippen molar-refractivity contribution in [1.29, 1.82) is 0 Å². The fourth-order valence-corrected chi connectivity index (χ4v) is 2.65. The van der Waals surface area contributed by atoms with E-state index in [0.29, 0.717) is 12.6 Å². The number of hydrogen-bond acceptors (Lipinski definition) is 5. The summed E-state index contributed by atoms with van der Waals surface area (Å²) < 4.78 is 5.57. The molecule has 0 bridgehead atoms. The second-order valence-corrected chi connectivity index (χ2v) is 4.95. The average molecular weight is 227 g/mol. The Kier molecular flexibility index (Phi) is 4.05. The molecule has 84 valence electrons. The number of aryl methyl sites for hydroxylation is 1. The van der Waals surface area contributed by atoms with Gasteiger partial charge in [-0.25, -0.2) is 0 Å². The minimum atomic E-state index is 0.451. The van der Waals surface area contributed by atoms with Gasteiger partial charge in [0.15, 0.2) is 0 Å². The summed E-state index contributed by atoms with van der Waals surface area (Å²) in [5.41, 5.74) is 5.46. The van der Waals surface area contributed by atoms with E-state index >= 15 is 0 Å². The van der Waals surface area contributed by atoms with E-state index in [2.05, 4.69) is 10.2 Å². The van der Waals surface area contributed by atoms with Crippen molar-refractivity contribution in [3.8, 4) is 0 Å². The third-order valence-electron chi connectivity index (χ3n) is 2.57. The summed E-state index contributed by atoms with van der Waals surface area (Å²) in [5, 5.41) is 10.4. The largest absolute Gasteiger partial charge is 0.378 e. The molecule has 1 aromatic heterocycles. The number of rotatable bonds is 5. The van der Waals surface area contributed by atoms with Gasteiger partial charge in [0.25, 0.3) is 0 Å². The van der Waals surface area contributed by atoms with Crippen LogP contribution in [0.2, 0.25) is 0 Å². The van der Waals surface area contributed by atoms with Crippen molar-refractivity contribution in [1.82, 2.24) is 10.2 Å². The van der Waals surface area contributed by atoms with Crippen LogP contribution in [0.5, 0.6) is 0 Å². The van der Waals surface area contributed by atoms with Crippen LogP contribution in [0.3, 0.4) is 0 Å². The van der Waals surface area contributed by atoms with Crippen LogP contribution in [-0.4, -0.2) is 29.5 Å². The van der Waals surface area contributed by atoms with E-state index in [1.54, 1.807) is 11.3 Å². The summed E-state index contributed by atoms with van der Waals surface area (Å²) in [4.78, 5) is 0. The van der Waals surface area contributed by atoms with Gasteiger partial charge in [-0.2, -0.15) is 0 Å². The van der Waals surface area contributed by atoms with Crippen molar-refractivity contribution >= 4 is 11.3 Å². The highest BCUT2D eigenvalue weighted by Crippen LogP contribution is 2.19. The Morgan fingerprint density at radius 2 is 2.13 bits per heavy atom. The number of nitrogens with two attached hydrogens (primary N) is 1. The van der Waals surface area contributed by atoms with Gasteiger partial charge in [-0.05, 0) is 25.8 Å². The molecular formula is C10H17N3OS. The molecule has 0 saturated carbocycles. The lowest BCUT2D eigenvalue weighted by Gasteiger charge is -2.05. The number of nitrogens with zero attached hydrogens (tertiary/aromatic N) is 2. The van der Waals surface area contributed by atoms with Gasteiger partial charge in [0, 0.05) is 19.4 Å². The SMILES string of the molecule is NCCc1nnc(CCC2CCCO2)s1. The Bertz CT molecular complexity index is 297. The molecule has 0 radical (unpaired) electrons. The summed E-state index contributed by atoms with van der Waals surface area (Å²) in [7, 11) is 0. The zero-order valence-corrected chi connectivity index (χ0v) is 9.63. The predicted octanol–water partition coefficient (Wildman–Crippen LogP) is 1.15. The maximum Gasteiger partial charge on any atom is 0.118 e. The molecule has 1 atom stereocenters. The first-order chi connectivity index (χ1) is 7.38. The van der Waals surface area contributed by atoms with Crippen molar-refractivity contribution in [2.75, 3.05) is 13.2 Å². The molecule has 1 unspecified atom stereocenters. The molecule has 15 heavy (non-hydrogen) atoms. The van der Waals surface area contributed by atoms with Gasteiger partial charge in [-0.15, -0.1) is 21.5 Å². The van der Waals surface area contributed by atoms with Crippen molar-refractivity contribution < 1.29 is 4.74 Å². The van der Waals surface area contributed by atoms with E-state index in [9.17, 15) is 0 Å². The first-order valence-corrected chi connectivity index (χ1v) is 6.33. The minimum absolute atomic E-state index is 0.451.